The lowest BCUT2D eigenvalue weighted by molar-refractivity contribution is 0.659. The van der Waals surface area contributed by atoms with Crippen molar-refractivity contribution in [2.24, 2.45) is 0 Å². The van der Waals surface area contributed by atoms with Crippen LogP contribution in [0.15, 0.2) is 60.7 Å². The first-order chi connectivity index (χ1) is 20.6. The zero-order valence-corrected chi connectivity index (χ0v) is 28.8. The number of fused-ring (bicyclic) bond motifs is 6. The largest absolute Gasteiger partial charge is 0.0587 e. The topological polar surface area (TPSA) is 0 Å². The summed E-state index contributed by atoms with van der Waals surface area (Å²) < 4.78 is 0. The summed E-state index contributed by atoms with van der Waals surface area (Å²) in [6.45, 7) is 28.0. The van der Waals surface area contributed by atoms with Gasteiger partial charge in [0.15, 0.2) is 0 Å². The third kappa shape index (κ3) is 3.76. The van der Waals surface area contributed by atoms with Gasteiger partial charge in [0.25, 0.3) is 0 Å². The number of hydrogen-bond acceptors (Lipinski definition) is 0. The smallest absolute Gasteiger partial charge is 0.0159 e. The van der Waals surface area contributed by atoms with Crippen LogP contribution in [-0.4, -0.2) is 0 Å². The molecule has 0 heterocycles. The van der Waals surface area contributed by atoms with E-state index in [0.29, 0.717) is 0 Å². The predicted octanol–water partition coefficient (Wildman–Crippen LogP) is 12.1. The van der Waals surface area contributed by atoms with E-state index in [1.807, 2.05) is 0 Å². The van der Waals surface area contributed by atoms with Crippen LogP contribution in [0.4, 0.5) is 0 Å². The molecule has 2 aliphatic rings. The molecule has 222 valence electrons. The Bertz CT molecular complexity index is 1900. The third-order valence-corrected chi connectivity index (χ3v) is 11.3. The molecule has 5 aromatic rings. The average molecular weight is 575 g/mol. The summed E-state index contributed by atoms with van der Waals surface area (Å²) in [7, 11) is 0. The van der Waals surface area contributed by atoms with Gasteiger partial charge in [-0.05, 0) is 144 Å². The van der Waals surface area contributed by atoms with Crippen LogP contribution in [0.1, 0.15) is 94.5 Å². The minimum atomic E-state index is -0.0238. The van der Waals surface area contributed by atoms with E-state index in [9.17, 15) is 0 Å². The third-order valence-electron chi connectivity index (χ3n) is 11.3. The number of aryl methyl sites for hydroxylation is 4. The summed E-state index contributed by atoms with van der Waals surface area (Å²) in [5.74, 6) is 0. The quantitative estimate of drug-likeness (QED) is 0.197. The molecule has 0 unspecified atom stereocenters. The molecule has 0 aromatic heterocycles. The van der Waals surface area contributed by atoms with E-state index >= 15 is 0 Å². The predicted molar refractivity (Wildman–Crippen MR) is 190 cm³/mol. The molecule has 0 N–H and O–H groups in total. The zero-order chi connectivity index (χ0) is 31.6. The Labute approximate surface area is 265 Å². The van der Waals surface area contributed by atoms with Crippen molar-refractivity contribution in [3.05, 3.63) is 127 Å². The van der Waals surface area contributed by atoms with Crippen LogP contribution in [-0.2, 0) is 10.8 Å². The maximum Gasteiger partial charge on any atom is 0.0159 e. The summed E-state index contributed by atoms with van der Waals surface area (Å²) in [5.41, 5.74) is 27.9. The van der Waals surface area contributed by atoms with Crippen molar-refractivity contribution in [3.63, 3.8) is 0 Å². The molecule has 5 aromatic carbocycles. The van der Waals surface area contributed by atoms with Crippen LogP contribution < -0.4 is 0 Å². The Balaban J connectivity index is 1.53. The molecule has 0 radical (unpaired) electrons. The fourth-order valence-electron chi connectivity index (χ4n) is 8.73. The van der Waals surface area contributed by atoms with Gasteiger partial charge in [0, 0.05) is 10.8 Å². The molecule has 7 rings (SSSR count). The molecule has 44 heavy (non-hydrogen) atoms. The lowest BCUT2D eigenvalue weighted by Crippen LogP contribution is -2.15. The lowest BCUT2D eigenvalue weighted by atomic mass is 9.77. The van der Waals surface area contributed by atoms with E-state index < -0.39 is 0 Å². The Morgan fingerprint density at radius 1 is 0.318 bits per heavy atom. The van der Waals surface area contributed by atoms with Gasteiger partial charge in [-0.15, -0.1) is 0 Å². The highest BCUT2D eigenvalue weighted by molar-refractivity contribution is 5.99. The molecule has 0 fully saturated rings. The minimum Gasteiger partial charge on any atom is -0.0587 e. The zero-order valence-electron chi connectivity index (χ0n) is 28.8. The van der Waals surface area contributed by atoms with Crippen molar-refractivity contribution in [2.45, 2.75) is 93.9 Å². The van der Waals surface area contributed by atoms with Crippen molar-refractivity contribution < 1.29 is 0 Å². The van der Waals surface area contributed by atoms with E-state index in [2.05, 4.69) is 144 Å². The fraction of sp³-hybridized carbons (Fsp3) is 0.318. The molecule has 2 aliphatic carbocycles. The normalized spacial score (nSPS) is 15.2. The number of hydrogen-bond donors (Lipinski definition) is 0. The summed E-state index contributed by atoms with van der Waals surface area (Å²) in [4.78, 5) is 0. The fourth-order valence-corrected chi connectivity index (χ4v) is 8.73. The molecule has 0 amide bonds. The van der Waals surface area contributed by atoms with E-state index in [1.54, 1.807) is 0 Å². The van der Waals surface area contributed by atoms with Gasteiger partial charge in [-0.25, -0.2) is 0 Å². The van der Waals surface area contributed by atoms with Crippen molar-refractivity contribution >= 4 is 0 Å². The van der Waals surface area contributed by atoms with E-state index in [-0.39, 0.29) is 10.8 Å². The van der Waals surface area contributed by atoms with Crippen molar-refractivity contribution in [2.75, 3.05) is 0 Å². The lowest BCUT2D eigenvalue weighted by Gasteiger charge is -2.26. The molecule has 0 saturated carbocycles. The van der Waals surface area contributed by atoms with Gasteiger partial charge < -0.3 is 0 Å². The summed E-state index contributed by atoms with van der Waals surface area (Å²) in [6.07, 6.45) is 0. The SMILES string of the molecule is Cc1ccc2c(c1)C(C)(C)c1cc(C)cc(-c3c(C)c(C)c(-c4cc(C)cc5c4-c4ccc(C)cc4C5(C)C)c(C)c3C)c1-2. The molecular weight excluding hydrogens is 528 g/mol. The maximum atomic E-state index is 2.45. The Kier molecular flexibility index (Phi) is 6.10. The molecule has 0 heteroatoms. The Morgan fingerprint density at radius 3 is 0.977 bits per heavy atom. The summed E-state index contributed by atoms with van der Waals surface area (Å²) in [6, 6.07) is 23.9. The monoisotopic (exact) mass is 574 g/mol. The molecule has 0 nitrogen and oxygen atoms in total. The van der Waals surface area contributed by atoms with Gasteiger partial charge in [0.05, 0.1) is 0 Å². The van der Waals surface area contributed by atoms with Gasteiger partial charge >= 0.3 is 0 Å². The van der Waals surface area contributed by atoms with Crippen molar-refractivity contribution in [3.8, 4) is 44.5 Å². The second kappa shape index (κ2) is 9.31. The van der Waals surface area contributed by atoms with Gasteiger partial charge in [0.1, 0.15) is 0 Å². The van der Waals surface area contributed by atoms with Crippen LogP contribution in [0.5, 0.6) is 0 Å². The molecular formula is C44H46. The molecule has 0 saturated heterocycles. The van der Waals surface area contributed by atoms with Crippen LogP contribution in [0.3, 0.4) is 0 Å². The Morgan fingerprint density at radius 2 is 0.636 bits per heavy atom. The number of rotatable bonds is 2. The van der Waals surface area contributed by atoms with Crippen LogP contribution >= 0.6 is 0 Å². The first kappa shape index (κ1) is 28.8. The highest BCUT2D eigenvalue weighted by Crippen LogP contribution is 2.56. The maximum absolute atomic E-state index is 2.45. The van der Waals surface area contributed by atoms with Crippen LogP contribution in [0.25, 0.3) is 44.5 Å². The molecule has 0 spiro atoms. The van der Waals surface area contributed by atoms with Crippen LogP contribution in [0.2, 0.25) is 0 Å². The molecule has 0 aliphatic heterocycles. The first-order valence-electron chi connectivity index (χ1n) is 16.3. The van der Waals surface area contributed by atoms with E-state index in [1.165, 1.54) is 111 Å². The Hall–Kier alpha value is -3.90. The van der Waals surface area contributed by atoms with E-state index in [4.69, 9.17) is 0 Å². The first-order valence-corrected chi connectivity index (χ1v) is 16.3. The van der Waals surface area contributed by atoms with Crippen molar-refractivity contribution in [1.29, 1.82) is 0 Å². The average Bonchev–Trinajstić information content (AvgIpc) is 3.31. The minimum absolute atomic E-state index is 0.0238. The summed E-state index contributed by atoms with van der Waals surface area (Å²) in [5, 5.41) is 0. The standard InChI is InChI=1S/C44H46/c1-23-13-15-31-35(19-23)43(9,10)37-21-25(3)17-33(41(31)37)39-27(5)29(7)40(30(8)28(39)6)34-18-26(4)22-38-42(34)32-16-14-24(2)20-36(32)44(38,11)12/h13-22H,1-12H3. The second-order valence-corrected chi connectivity index (χ2v) is 15.1. The highest BCUT2D eigenvalue weighted by atomic mass is 14.4. The number of benzene rings is 5. The van der Waals surface area contributed by atoms with Gasteiger partial charge in [-0.2, -0.15) is 0 Å². The van der Waals surface area contributed by atoms with Gasteiger partial charge in [-0.1, -0.05) is 111 Å². The van der Waals surface area contributed by atoms with Gasteiger partial charge in [0.2, 0.25) is 0 Å². The highest BCUT2D eigenvalue weighted by Gasteiger charge is 2.39. The molecule has 0 atom stereocenters. The molecule has 0 bridgehead atoms. The van der Waals surface area contributed by atoms with Crippen LogP contribution in [0, 0.1) is 55.4 Å². The second-order valence-electron chi connectivity index (χ2n) is 15.1. The summed E-state index contributed by atoms with van der Waals surface area (Å²) >= 11 is 0. The van der Waals surface area contributed by atoms with E-state index in [0.717, 1.165) is 0 Å². The van der Waals surface area contributed by atoms with Crippen molar-refractivity contribution in [1.82, 2.24) is 0 Å². The van der Waals surface area contributed by atoms with Gasteiger partial charge in [-0.3, -0.25) is 0 Å².